The number of hydrogen-bond donors (Lipinski definition) is 0. The molecular weight excluding hydrogens is 473 g/mol. The second-order valence-corrected chi connectivity index (χ2v) is 9.34. The normalized spacial score (nSPS) is 16.2. The van der Waals surface area contributed by atoms with Crippen LogP contribution in [0.2, 0.25) is 0 Å². The molecule has 6 rings (SSSR count). The van der Waals surface area contributed by atoms with E-state index in [1.165, 1.54) is 6.07 Å². The van der Waals surface area contributed by atoms with Gasteiger partial charge in [-0.1, -0.05) is 6.07 Å². The summed E-state index contributed by atoms with van der Waals surface area (Å²) in [7, 11) is 3.38. The molecular formula is C27H26FN7O2. The van der Waals surface area contributed by atoms with Crippen LogP contribution in [-0.2, 0) is 11.3 Å². The summed E-state index contributed by atoms with van der Waals surface area (Å²) in [6.45, 7) is 3.43. The number of aryl methyl sites for hydroxylation is 1. The summed E-state index contributed by atoms with van der Waals surface area (Å²) in [5, 5.41) is 14.0. The Morgan fingerprint density at radius 3 is 2.81 bits per heavy atom. The van der Waals surface area contributed by atoms with Crippen molar-refractivity contribution in [1.82, 2.24) is 34.4 Å². The quantitative estimate of drug-likeness (QED) is 0.354. The fourth-order valence-electron chi connectivity index (χ4n) is 5.01. The van der Waals surface area contributed by atoms with Crippen molar-refractivity contribution < 1.29 is 13.9 Å². The third-order valence-corrected chi connectivity index (χ3v) is 7.16. The summed E-state index contributed by atoms with van der Waals surface area (Å²) in [4.78, 5) is 18.5. The van der Waals surface area contributed by atoms with Crippen LogP contribution in [0.5, 0.6) is 5.75 Å². The maximum atomic E-state index is 15.3. The second-order valence-electron chi connectivity index (χ2n) is 9.34. The summed E-state index contributed by atoms with van der Waals surface area (Å²) in [5.41, 5.74) is 4.70. The number of benzene rings is 2. The van der Waals surface area contributed by atoms with Crippen LogP contribution in [0.1, 0.15) is 25.8 Å². The molecule has 2 aromatic carbocycles. The fourth-order valence-corrected chi connectivity index (χ4v) is 5.01. The van der Waals surface area contributed by atoms with Gasteiger partial charge in [0, 0.05) is 60.9 Å². The minimum absolute atomic E-state index is 0.00450. The highest BCUT2D eigenvalue weighted by molar-refractivity contribution is 5.92. The molecule has 0 aliphatic carbocycles. The van der Waals surface area contributed by atoms with Crippen molar-refractivity contribution in [2.24, 2.45) is 0 Å². The van der Waals surface area contributed by atoms with Crippen LogP contribution in [0.3, 0.4) is 0 Å². The summed E-state index contributed by atoms with van der Waals surface area (Å²) >= 11 is 0. The van der Waals surface area contributed by atoms with Crippen molar-refractivity contribution >= 4 is 28.0 Å². The van der Waals surface area contributed by atoms with Crippen LogP contribution >= 0.6 is 0 Å². The Bertz CT molecular complexity index is 1660. The van der Waals surface area contributed by atoms with Gasteiger partial charge < -0.3 is 14.2 Å². The van der Waals surface area contributed by atoms with Crippen LogP contribution in [0.4, 0.5) is 4.39 Å². The maximum absolute atomic E-state index is 15.3. The number of carbonyl (C=O) groups is 1. The van der Waals surface area contributed by atoms with Gasteiger partial charge in [-0.2, -0.15) is 10.2 Å². The zero-order chi connectivity index (χ0) is 25.7. The van der Waals surface area contributed by atoms with E-state index in [1.807, 2.05) is 41.5 Å². The van der Waals surface area contributed by atoms with Crippen LogP contribution in [0.15, 0.2) is 49.1 Å². The third-order valence-electron chi connectivity index (χ3n) is 7.16. The first-order valence-electron chi connectivity index (χ1n) is 12.2. The largest absolute Gasteiger partial charge is 0.496 e. The molecule has 4 heterocycles. The van der Waals surface area contributed by atoms with Gasteiger partial charge in [0.05, 0.1) is 31.2 Å². The molecule has 0 unspecified atom stereocenters. The van der Waals surface area contributed by atoms with Crippen LogP contribution in [0, 0.1) is 5.82 Å². The van der Waals surface area contributed by atoms with E-state index in [9.17, 15) is 4.79 Å². The van der Waals surface area contributed by atoms with E-state index in [0.717, 1.165) is 35.0 Å². The zero-order valence-electron chi connectivity index (χ0n) is 20.8. The van der Waals surface area contributed by atoms with E-state index < -0.39 is 0 Å². The third kappa shape index (κ3) is 3.89. The number of imidazole rings is 1. The van der Waals surface area contributed by atoms with Gasteiger partial charge in [0.25, 0.3) is 0 Å². The minimum Gasteiger partial charge on any atom is -0.496 e. The van der Waals surface area contributed by atoms with Gasteiger partial charge >= 0.3 is 0 Å². The molecule has 0 radical (unpaired) electrons. The number of amides is 1. The molecule has 3 aromatic heterocycles. The van der Waals surface area contributed by atoms with E-state index in [-0.39, 0.29) is 17.8 Å². The lowest BCUT2D eigenvalue weighted by Gasteiger charge is -2.28. The van der Waals surface area contributed by atoms with Gasteiger partial charge in [-0.3, -0.25) is 9.48 Å². The summed E-state index contributed by atoms with van der Waals surface area (Å²) in [5.74, 6) is 0.255. The molecule has 0 bridgehead atoms. The van der Waals surface area contributed by atoms with Crippen molar-refractivity contribution in [3.63, 3.8) is 0 Å². The second kappa shape index (κ2) is 8.95. The Morgan fingerprint density at radius 1 is 1.16 bits per heavy atom. The lowest BCUT2D eigenvalue weighted by Crippen LogP contribution is -2.36. The molecule has 188 valence electrons. The molecule has 1 atom stereocenters. The van der Waals surface area contributed by atoms with Crippen molar-refractivity contribution in [3.05, 3.63) is 54.9 Å². The summed E-state index contributed by atoms with van der Waals surface area (Å²) < 4.78 is 24.7. The van der Waals surface area contributed by atoms with Crippen molar-refractivity contribution in [2.75, 3.05) is 20.7 Å². The highest BCUT2D eigenvalue weighted by Crippen LogP contribution is 2.38. The first kappa shape index (κ1) is 23.1. The summed E-state index contributed by atoms with van der Waals surface area (Å²) in [6, 6.07) is 8.67. The first-order chi connectivity index (χ1) is 18.0. The lowest BCUT2D eigenvalue weighted by molar-refractivity contribution is -0.133. The van der Waals surface area contributed by atoms with Gasteiger partial charge in [0.1, 0.15) is 17.1 Å². The fraction of sp³-hybridized carbons (Fsp3) is 0.296. The SMILES string of the molecule is CCn1cnc2c(-c3ccc(F)c(-c4cc5cn([C@H]6CCN(C)C(=O)C6)nc5cc4OC)c3)cnnc21. The molecule has 10 heteroatoms. The van der Waals surface area contributed by atoms with Gasteiger partial charge in [-0.25, -0.2) is 9.37 Å². The van der Waals surface area contributed by atoms with Crippen molar-refractivity contribution in [3.8, 4) is 28.0 Å². The van der Waals surface area contributed by atoms with Gasteiger partial charge in [0.2, 0.25) is 5.91 Å². The average Bonchev–Trinajstić information content (AvgIpc) is 3.53. The molecule has 0 saturated carbocycles. The molecule has 1 saturated heterocycles. The first-order valence-corrected chi connectivity index (χ1v) is 12.2. The molecule has 1 fully saturated rings. The number of rotatable bonds is 5. The van der Waals surface area contributed by atoms with E-state index in [0.29, 0.717) is 41.0 Å². The monoisotopic (exact) mass is 499 g/mol. The molecule has 0 N–H and O–H groups in total. The van der Waals surface area contributed by atoms with Gasteiger partial charge in [0.15, 0.2) is 5.65 Å². The highest BCUT2D eigenvalue weighted by atomic mass is 19.1. The number of piperidine rings is 1. The van der Waals surface area contributed by atoms with E-state index in [4.69, 9.17) is 9.84 Å². The predicted octanol–water partition coefficient (Wildman–Crippen LogP) is 4.47. The zero-order valence-corrected chi connectivity index (χ0v) is 20.8. The van der Waals surface area contributed by atoms with Crippen LogP contribution in [-0.4, -0.2) is 61.0 Å². The Labute approximate surface area is 212 Å². The van der Waals surface area contributed by atoms with E-state index in [1.54, 1.807) is 36.7 Å². The van der Waals surface area contributed by atoms with Crippen LogP contribution < -0.4 is 4.74 Å². The predicted molar refractivity (Wildman–Crippen MR) is 138 cm³/mol. The number of ether oxygens (including phenoxy) is 1. The lowest BCUT2D eigenvalue weighted by atomic mass is 9.97. The molecule has 5 aromatic rings. The number of halogens is 1. The number of likely N-dealkylation sites (tertiary alicyclic amines) is 1. The topological polar surface area (TPSA) is 91.0 Å². The van der Waals surface area contributed by atoms with Crippen molar-refractivity contribution in [2.45, 2.75) is 32.4 Å². The van der Waals surface area contributed by atoms with E-state index >= 15 is 4.39 Å². The number of nitrogens with zero attached hydrogens (tertiary/aromatic N) is 7. The Balaban J connectivity index is 1.44. The number of fused-ring (bicyclic) bond motifs is 2. The van der Waals surface area contributed by atoms with Gasteiger partial charge in [-0.15, -0.1) is 5.10 Å². The number of carbonyl (C=O) groups excluding carboxylic acids is 1. The van der Waals surface area contributed by atoms with Crippen molar-refractivity contribution in [1.29, 1.82) is 0 Å². The summed E-state index contributed by atoms with van der Waals surface area (Å²) in [6.07, 6.45) is 6.56. The molecule has 9 nitrogen and oxygen atoms in total. The number of methoxy groups -OCH3 is 1. The van der Waals surface area contributed by atoms with E-state index in [2.05, 4.69) is 15.2 Å². The Morgan fingerprint density at radius 2 is 2.03 bits per heavy atom. The number of aromatic nitrogens is 6. The molecule has 37 heavy (non-hydrogen) atoms. The Hall–Kier alpha value is -4.34. The Kier molecular flexibility index (Phi) is 5.58. The number of hydrogen-bond acceptors (Lipinski definition) is 6. The molecule has 1 amide bonds. The molecule has 1 aliphatic rings. The molecule has 1 aliphatic heterocycles. The highest BCUT2D eigenvalue weighted by Gasteiger charge is 2.26. The standard InChI is InChI=1S/C27H26FN7O2/c1-4-34-15-29-26-21(13-30-31-27(26)34)16-5-6-22(28)19(9-16)20-10-17-14-35(32-23(17)12-24(20)37-3)18-7-8-33(2)25(36)11-18/h5-6,9-10,12-15,18H,4,7-8,11H2,1-3H3/t18-/m0/s1. The van der Waals surface area contributed by atoms with Crippen LogP contribution in [0.25, 0.3) is 44.3 Å². The molecule has 0 spiro atoms. The smallest absolute Gasteiger partial charge is 0.224 e. The average molecular weight is 500 g/mol. The maximum Gasteiger partial charge on any atom is 0.224 e. The minimum atomic E-state index is -0.368. The van der Waals surface area contributed by atoms with Gasteiger partial charge in [-0.05, 0) is 37.1 Å².